The Balaban J connectivity index is 1.69. The predicted molar refractivity (Wildman–Crippen MR) is 126 cm³/mol. The molecule has 2 N–H and O–H groups in total. The van der Waals surface area contributed by atoms with Crippen molar-refractivity contribution in [3.05, 3.63) is 71.3 Å². The highest BCUT2D eigenvalue weighted by Crippen LogP contribution is 2.26. The van der Waals surface area contributed by atoms with Crippen LogP contribution >= 0.6 is 0 Å². The number of rotatable bonds is 9. The molecule has 174 valence electrons. The van der Waals surface area contributed by atoms with Crippen molar-refractivity contribution in [2.24, 2.45) is 0 Å². The van der Waals surface area contributed by atoms with Crippen LogP contribution in [0.2, 0.25) is 0 Å². The summed E-state index contributed by atoms with van der Waals surface area (Å²) in [7, 11) is -2.29. The van der Waals surface area contributed by atoms with E-state index in [4.69, 9.17) is 4.74 Å². The summed E-state index contributed by atoms with van der Waals surface area (Å²) in [6, 6.07) is 16.9. The number of sulfonamides is 1. The Bertz CT molecular complexity index is 970. The van der Waals surface area contributed by atoms with Gasteiger partial charge in [0.15, 0.2) is 0 Å². The van der Waals surface area contributed by atoms with Gasteiger partial charge in [-0.3, -0.25) is 0 Å². The lowest BCUT2D eigenvalue weighted by molar-refractivity contribution is 0.0600. The molecular weight excluding hydrogens is 426 g/mol. The molecule has 3 rings (SSSR count). The molecule has 2 aromatic carbocycles. The van der Waals surface area contributed by atoms with Crippen LogP contribution in [0.15, 0.2) is 54.6 Å². The summed E-state index contributed by atoms with van der Waals surface area (Å²) >= 11 is 0. The summed E-state index contributed by atoms with van der Waals surface area (Å²) in [5, 5.41) is 2.87. The molecule has 0 radical (unpaired) electrons. The topological polar surface area (TPSA) is 87.7 Å². The van der Waals surface area contributed by atoms with E-state index in [-0.39, 0.29) is 6.54 Å². The van der Waals surface area contributed by atoms with Crippen LogP contribution in [0.3, 0.4) is 0 Å². The van der Waals surface area contributed by atoms with Crippen LogP contribution in [0.1, 0.15) is 47.0 Å². The number of ether oxygens (including phenoxy) is 1. The first-order chi connectivity index (χ1) is 15.3. The van der Waals surface area contributed by atoms with E-state index < -0.39 is 21.2 Å². The van der Waals surface area contributed by atoms with Crippen LogP contribution in [0, 0.1) is 0 Å². The molecule has 0 saturated carbocycles. The SMILES string of the molecule is COC(=O)c1ccc(CNS(=O)(=O)C(CCN2C[C@@H](C)N[C@@H](C)C2)c2ccccc2)cc1. The summed E-state index contributed by atoms with van der Waals surface area (Å²) < 4.78 is 34.1. The molecule has 1 saturated heterocycles. The first kappa shape index (κ1) is 24.4. The monoisotopic (exact) mass is 459 g/mol. The fourth-order valence-electron chi connectivity index (χ4n) is 4.25. The lowest BCUT2D eigenvalue weighted by Crippen LogP contribution is -2.54. The van der Waals surface area contributed by atoms with Crippen molar-refractivity contribution in [1.82, 2.24) is 14.9 Å². The minimum absolute atomic E-state index is 0.162. The Morgan fingerprint density at radius 1 is 1.09 bits per heavy atom. The van der Waals surface area contributed by atoms with Crippen LogP contribution < -0.4 is 10.0 Å². The van der Waals surface area contributed by atoms with Gasteiger partial charge in [-0.05, 0) is 50.1 Å². The molecule has 3 atom stereocenters. The van der Waals surface area contributed by atoms with E-state index in [1.54, 1.807) is 24.3 Å². The maximum absolute atomic E-state index is 13.3. The Hall–Kier alpha value is -2.26. The highest BCUT2D eigenvalue weighted by molar-refractivity contribution is 7.89. The molecule has 0 amide bonds. The van der Waals surface area contributed by atoms with Gasteiger partial charge in [-0.15, -0.1) is 0 Å². The summed E-state index contributed by atoms with van der Waals surface area (Å²) in [4.78, 5) is 13.9. The van der Waals surface area contributed by atoms with E-state index >= 15 is 0 Å². The standard InChI is InChI=1S/C24H33N3O4S/c1-18-16-27(17-19(2)26-18)14-13-23(21-7-5-4-6-8-21)32(29,30)25-15-20-9-11-22(12-10-20)24(28)31-3/h4-12,18-19,23,25-26H,13-17H2,1-3H3/t18-,19+,23?. The molecule has 8 heteroatoms. The second kappa shape index (κ2) is 11.0. The van der Waals surface area contributed by atoms with Crippen molar-refractivity contribution in [2.75, 3.05) is 26.7 Å². The third-order valence-electron chi connectivity index (χ3n) is 5.74. The number of hydrogen-bond acceptors (Lipinski definition) is 6. The second-order valence-electron chi connectivity index (χ2n) is 8.47. The minimum Gasteiger partial charge on any atom is -0.465 e. The van der Waals surface area contributed by atoms with Gasteiger partial charge in [-0.1, -0.05) is 42.5 Å². The maximum atomic E-state index is 13.3. The van der Waals surface area contributed by atoms with Gasteiger partial charge in [-0.25, -0.2) is 17.9 Å². The van der Waals surface area contributed by atoms with Gasteiger partial charge in [-0.2, -0.15) is 0 Å². The van der Waals surface area contributed by atoms with Crippen LogP contribution in [-0.2, 0) is 21.3 Å². The highest BCUT2D eigenvalue weighted by atomic mass is 32.2. The molecule has 1 heterocycles. The fraction of sp³-hybridized carbons (Fsp3) is 0.458. The number of nitrogens with one attached hydrogen (secondary N) is 2. The molecule has 1 aliphatic rings. The lowest BCUT2D eigenvalue weighted by atomic mass is 10.1. The smallest absolute Gasteiger partial charge is 0.337 e. The predicted octanol–water partition coefficient (Wildman–Crippen LogP) is 2.71. The third kappa shape index (κ3) is 6.62. The van der Waals surface area contributed by atoms with Crippen molar-refractivity contribution in [3.8, 4) is 0 Å². The number of benzene rings is 2. The average molecular weight is 460 g/mol. The molecule has 0 spiro atoms. The molecule has 32 heavy (non-hydrogen) atoms. The van der Waals surface area contributed by atoms with Crippen LogP contribution in [0.5, 0.6) is 0 Å². The van der Waals surface area contributed by atoms with Crippen molar-refractivity contribution in [1.29, 1.82) is 0 Å². The van der Waals surface area contributed by atoms with E-state index in [1.165, 1.54) is 7.11 Å². The molecule has 0 aliphatic carbocycles. The van der Waals surface area contributed by atoms with Crippen LogP contribution in [0.4, 0.5) is 0 Å². The summed E-state index contributed by atoms with van der Waals surface area (Å²) in [6.45, 7) is 7.00. The van der Waals surface area contributed by atoms with Gasteiger partial charge in [0.1, 0.15) is 5.25 Å². The normalized spacial score (nSPS) is 20.6. The average Bonchev–Trinajstić information content (AvgIpc) is 2.77. The number of nitrogens with zero attached hydrogens (tertiary/aromatic N) is 1. The van der Waals surface area contributed by atoms with Gasteiger partial charge in [0.05, 0.1) is 12.7 Å². The molecule has 1 fully saturated rings. The van der Waals surface area contributed by atoms with Gasteiger partial charge < -0.3 is 15.0 Å². The van der Waals surface area contributed by atoms with Crippen LogP contribution in [-0.4, -0.2) is 58.1 Å². The van der Waals surface area contributed by atoms with Gasteiger partial charge in [0.25, 0.3) is 0 Å². The number of carbonyl (C=O) groups excluding carboxylic acids is 1. The Morgan fingerprint density at radius 3 is 2.31 bits per heavy atom. The quantitative estimate of drug-likeness (QED) is 0.561. The van der Waals surface area contributed by atoms with E-state index in [9.17, 15) is 13.2 Å². The zero-order chi connectivity index (χ0) is 23.1. The number of piperazine rings is 1. The lowest BCUT2D eigenvalue weighted by Gasteiger charge is -2.36. The Morgan fingerprint density at radius 2 is 1.72 bits per heavy atom. The number of hydrogen-bond donors (Lipinski definition) is 2. The molecule has 1 aliphatic heterocycles. The van der Waals surface area contributed by atoms with Gasteiger partial charge in [0.2, 0.25) is 10.0 Å². The largest absolute Gasteiger partial charge is 0.465 e. The van der Waals surface area contributed by atoms with E-state index in [0.29, 0.717) is 30.6 Å². The second-order valence-corrected chi connectivity index (χ2v) is 10.4. The molecule has 0 aromatic heterocycles. The minimum atomic E-state index is -3.62. The molecule has 2 aromatic rings. The molecule has 0 bridgehead atoms. The first-order valence-electron chi connectivity index (χ1n) is 11.0. The Labute approximate surface area is 191 Å². The molecule has 7 nitrogen and oxygen atoms in total. The number of methoxy groups -OCH3 is 1. The van der Waals surface area contributed by atoms with Crippen molar-refractivity contribution in [3.63, 3.8) is 0 Å². The Kier molecular flexibility index (Phi) is 8.42. The highest BCUT2D eigenvalue weighted by Gasteiger charge is 2.29. The zero-order valence-corrected chi connectivity index (χ0v) is 19.8. The van der Waals surface area contributed by atoms with Crippen molar-refractivity contribution < 1.29 is 17.9 Å². The zero-order valence-electron chi connectivity index (χ0n) is 19.0. The van der Waals surface area contributed by atoms with Crippen molar-refractivity contribution in [2.45, 2.75) is 44.1 Å². The van der Waals surface area contributed by atoms with Gasteiger partial charge >= 0.3 is 5.97 Å². The number of carbonyl (C=O) groups is 1. The summed E-state index contributed by atoms with van der Waals surface area (Å²) in [5.41, 5.74) is 2.00. The van der Waals surface area contributed by atoms with E-state index in [0.717, 1.165) is 24.2 Å². The van der Waals surface area contributed by atoms with Crippen molar-refractivity contribution >= 4 is 16.0 Å². The van der Waals surface area contributed by atoms with E-state index in [1.807, 2.05) is 30.3 Å². The maximum Gasteiger partial charge on any atom is 0.337 e. The first-order valence-corrected chi connectivity index (χ1v) is 12.5. The molecular formula is C24H33N3O4S. The van der Waals surface area contributed by atoms with E-state index in [2.05, 4.69) is 28.8 Å². The summed E-state index contributed by atoms with van der Waals surface area (Å²) in [5.74, 6) is -0.419. The summed E-state index contributed by atoms with van der Waals surface area (Å²) in [6.07, 6.45) is 0.514. The fourth-order valence-corrected chi connectivity index (χ4v) is 5.75. The third-order valence-corrected chi connectivity index (χ3v) is 7.54. The van der Waals surface area contributed by atoms with Crippen LogP contribution in [0.25, 0.3) is 0 Å². The number of esters is 1. The van der Waals surface area contributed by atoms with Gasteiger partial charge in [0, 0.05) is 31.7 Å². The molecule has 1 unspecified atom stereocenters.